The maximum absolute atomic E-state index is 12.8. The molecule has 0 spiro atoms. The van der Waals surface area contributed by atoms with E-state index in [0.717, 1.165) is 37.5 Å². The Morgan fingerprint density at radius 1 is 1.08 bits per heavy atom. The Morgan fingerprint density at radius 3 is 2.69 bits per heavy atom. The van der Waals surface area contributed by atoms with Crippen molar-refractivity contribution >= 4 is 60.0 Å². The molecule has 5 rings (SSSR count). The number of nitrogens with zero attached hydrogens (tertiary/aromatic N) is 3. The van der Waals surface area contributed by atoms with Crippen molar-refractivity contribution in [1.82, 2.24) is 9.97 Å². The summed E-state index contributed by atoms with van der Waals surface area (Å²) >= 11 is 3.18. The van der Waals surface area contributed by atoms with Gasteiger partial charge in [-0.3, -0.25) is 10.2 Å². The van der Waals surface area contributed by atoms with Gasteiger partial charge in [0.1, 0.15) is 0 Å². The molecule has 0 fully saturated rings. The zero-order valence-electron chi connectivity index (χ0n) is 14.4. The number of nitrogens with one attached hydrogen (secondary N) is 1. The fourth-order valence-electron chi connectivity index (χ4n) is 3.44. The molecule has 0 saturated heterocycles. The second kappa shape index (κ2) is 5.75. The third-order valence-electron chi connectivity index (χ3n) is 4.61. The van der Waals surface area contributed by atoms with Gasteiger partial charge in [0.05, 0.1) is 25.4 Å². The van der Waals surface area contributed by atoms with Gasteiger partial charge in [-0.25, -0.2) is 14.8 Å². The van der Waals surface area contributed by atoms with Crippen LogP contribution in [0.4, 0.5) is 15.6 Å². The lowest BCUT2D eigenvalue weighted by Crippen LogP contribution is -2.33. The maximum Gasteiger partial charge on any atom is 0.328 e. The highest BCUT2D eigenvalue weighted by Crippen LogP contribution is 2.36. The number of aryl methyl sites for hydroxylation is 2. The van der Waals surface area contributed by atoms with Crippen molar-refractivity contribution in [3.05, 3.63) is 46.5 Å². The molecule has 0 aliphatic carbocycles. The quantitative estimate of drug-likeness (QED) is 0.499. The van der Waals surface area contributed by atoms with E-state index in [0.29, 0.717) is 11.7 Å². The number of benzene rings is 2. The van der Waals surface area contributed by atoms with Gasteiger partial charge in [0.15, 0.2) is 5.13 Å². The molecule has 2 amide bonds. The van der Waals surface area contributed by atoms with E-state index >= 15 is 0 Å². The first-order valence-corrected chi connectivity index (χ1v) is 10.1. The largest absolute Gasteiger partial charge is 0.328 e. The maximum atomic E-state index is 12.8. The zero-order valence-corrected chi connectivity index (χ0v) is 16.0. The lowest BCUT2D eigenvalue weighted by molar-refractivity contribution is 0.257. The highest BCUT2D eigenvalue weighted by molar-refractivity contribution is 7.28. The van der Waals surface area contributed by atoms with Gasteiger partial charge in [-0.05, 0) is 44.0 Å². The molecule has 2 aromatic heterocycles. The van der Waals surface area contributed by atoms with E-state index in [1.807, 2.05) is 31.2 Å². The third-order valence-corrected chi connectivity index (χ3v) is 6.75. The number of fused-ring (bicyclic) bond motifs is 4. The molecular weight excluding hydrogens is 364 g/mol. The Morgan fingerprint density at radius 2 is 1.85 bits per heavy atom. The summed E-state index contributed by atoms with van der Waals surface area (Å²) in [5.41, 5.74) is 5.34. The molecule has 1 aliphatic rings. The molecule has 0 radical (unpaired) electrons. The summed E-state index contributed by atoms with van der Waals surface area (Å²) < 4.78 is 2.22. The number of carbonyl (C=O) groups excluding carboxylic acids is 1. The fourth-order valence-corrected chi connectivity index (χ4v) is 5.43. The summed E-state index contributed by atoms with van der Waals surface area (Å²) in [5, 5.41) is 4.65. The second-order valence-electron chi connectivity index (χ2n) is 6.48. The zero-order chi connectivity index (χ0) is 17.8. The van der Waals surface area contributed by atoms with Crippen LogP contribution in [0.15, 0.2) is 30.3 Å². The van der Waals surface area contributed by atoms with Crippen LogP contribution in [0.25, 0.3) is 20.4 Å². The Labute approximate surface area is 158 Å². The number of hydrogen-bond acceptors (Lipinski definition) is 5. The summed E-state index contributed by atoms with van der Waals surface area (Å²) in [6.07, 6.45) is 0.894. The van der Waals surface area contributed by atoms with Crippen LogP contribution in [0.3, 0.4) is 0 Å². The first-order valence-electron chi connectivity index (χ1n) is 8.43. The minimum Gasteiger partial charge on any atom is -0.294 e. The van der Waals surface area contributed by atoms with Gasteiger partial charge in [-0.15, -0.1) is 11.3 Å². The first kappa shape index (κ1) is 15.7. The van der Waals surface area contributed by atoms with Crippen molar-refractivity contribution in [3.63, 3.8) is 0 Å². The molecule has 1 aliphatic heterocycles. The SMILES string of the molecule is Cc1ccc2c(c1)CCN2C(=O)Nc1nc2ccc3nc(C)sc3c2s1. The standard InChI is InChI=1S/C19H16N4OS2/c1-10-3-6-15-12(9-10)7-8-23(15)19(24)22-18-21-14-5-4-13-16(17(14)26-18)25-11(2)20-13/h3-6,9H,7-8H2,1-2H3,(H,21,22,24). The highest BCUT2D eigenvalue weighted by Gasteiger charge is 2.25. The van der Waals surface area contributed by atoms with E-state index in [-0.39, 0.29) is 6.03 Å². The number of rotatable bonds is 1. The number of carbonyl (C=O) groups is 1. The average Bonchev–Trinajstić information content (AvgIpc) is 3.28. The summed E-state index contributed by atoms with van der Waals surface area (Å²) in [6.45, 7) is 4.78. The van der Waals surface area contributed by atoms with Crippen molar-refractivity contribution in [3.8, 4) is 0 Å². The molecule has 7 heteroatoms. The van der Waals surface area contributed by atoms with Crippen molar-refractivity contribution in [1.29, 1.82) is 0 Å². The van der Waals surface area contributed by atoms with E-state index < -0.39 is 0 Å². The molecule has 2 aromatic carbocycles. The number of amides is 2. The lowest BCUT2D eigenvalue weighted by Gasteiger charge is -2.17. The van der Waals surface area contributed by atoms with E-state index in [1.165, 1.54) is 22.5 Å². The molecule has 0 unspecified atom stereocenters. The van der Waals surface area contributed by atoms with Crippen LogP contribution < -0.4 is 10.2 Å². The summed E-state index contributed by atoms with van der Waals surface area (Å²) in [7, 11) is 0. The number of aromatic nitrogens is 2. The van der Waals surface area contributed by atoms with Crippen LogP contribution in [-0.4, -0.2) is 22.5 Å². The Balaban J connectivity index is 1.46. The second-order valence-corrected chi connectivity index (χ2v) is 8.68. The van der Waals surface area contributed by atoms with E-state index in [9.17, 15) is 4.79 Å². The minimum atomic E-state index is -0.122. The lowest BCUT2D eigenvalue weighted by atomic mass is 10.1. The van der Waals surface area contributed by atoms with Gasteiger partial charge in [0.2, 0.25) is 0 Å². The molecule has 0 atom stereocenters. The van der Waals surface area contributed by atoms with Crippen LogP contribution in [0.1, 0.15) is 16.1 Å². The van der Waals surface area contributed by atoms with E-state index in [4.69, 9.17) is 0 Å². The highest BCUT2D eigenvalue weighted by atomic mass is 32.1. The molecule has 0 bridgehead atoms. The van der Waals surface area contributed by atoms with E-state index in [2.05, 4.69) is 28.3 Å². The van der Waals surface area contributed by atoms with Gasteiger partial charge in [0.25, 0.3) is 0 Å². The van der Waals surface area contributed by atoms with Crippen molar-refractivity contribution in [2.75, 3.05) is 16.8 Å². The molecule has 5 nitrogen and oxygen atoms in total. The van der Waals surface area contributed by atoms with Crippen molar-refractivity contribution in [2.24, 2.45) is 0 Å². The number of anilines is 2. The van der Waals surface area contributed by atoms with Gasteiger partial charge < -0.3 is 0 Å². The molecule has 3 heterocycles. The van der Waals surface area contributed by atoms with Crippen molar-refractivity contribution in [2.45, 2.75) is 20.3 Å². The Kier molecular flexibility index (Phi) is 3.48. The Bertz CT molecular complexity index is 1180. The first-order chi connectivity index (χ1) is 12.6. The molecule has 1 N–H and O–H groups in total. The van der Waals surface area contributed by atoms with Crippen LogP contribution >= 0.6 is 22.7 Å². The topological polar surface area (TPSA) is 58.1 Å². The van der Waals surface area contributed by atoms with Crippen molar-refractivity contribution < 1.29 is 4.79 Å². The molecule has 4 aromatic rings. The van der Waals surface area contributed by atoms with Gasteiger partial charge in [0, 0.05) is 12.2 Å². The average molecular weight is 380 g/mol. The predicted molar refractivity (Wildman–Crippen MR) is 109 cm³/mol. The smallest absolute Gasteiger partial charge is 0.294 e. The van der Waals surface area contributed by atoms with E-state index in [1.54, 1.807) is 16.2 Å². The monoisotopic (exact) mass is 380 g/mol. The summed E-state index contributed by atoms with van der Waals surface area (Å²) in [5.74, 6) is 0. The number of thiazole rings is 2. The van der Waals surface area contributed by atoms with Crippen LogP contribution in [-0.2, 0) is 6.42 Å². The van der Waals surface area contributed by atoms with Crippen LogP contribution in [0.2, 0.25) is 0 Å². The minimum absolute atomic E-state index is 0.122. The molecule has 0 saturated carbocycles. The van der Waals surface area contributed by atoms with Crippen LogP contribution in [0, 0.1) is 13.8 Å². The van der Waals surface area contributed by atoms with Gasteiger partial charge in [-0.1, -0.05) is 29.0 Å². The third kappa shape index (κ3) is 2.47. The predicted octanol–water partition coefficient (Wildman–Crippen LogP) is 5.12. The molecule has 26 heavy (non-hydrogen) atoms. The Hall–Kier alpha value is -2.51. The normalized spacial score (nSPS) is 13.5. The van der Waals surface area contributed by atoms with Crippen LogP contribution in [0.5, 0.6) is 0 Å². The number of urea groups is 1. The number of hydrogen-bond donors (Lipinski definition) is 1. The molecular formula is C19H16N4OS2. The summed E-state index contributed by atoms with van der Waals surface area (Å²) in [4.78, 5) is 23.7. The van der Waals surface area contributed by atoms with Gasteiger partial charge in [-0.2, -0.15) is 0 Å². The summed E-state index contributed by atoms with van der Waals surface area (Å²) in [6, 6.07) is 10.1. The van der Waals surface area contributed by atoms with Gasteiger partial charge >= 0.3 is 6.03 Å². The molecule has 130 valence electrons. The fraction of sp³-hybridized carbons (Fsp3) is 0.211.